The number of carbonyl (C=O) groups is 2. The Balaban J connectivity index is 1.49. The van der Waals surface area contributed by atoms with Gasteiger partial charge < -0.3 is 14.2 Å². The average Bonchev–Trinajstić information content (AvgIpc) is 3.20. The van der Waals surface area contributed by atoms with Gasteiger partial charge in [-0.1, -0.05) is 24.3 Å². The van der Waals surface area contributed by atoms with Crippen molar-refractivity contribution >= 4 is 11.8 Å². The van der Waals surface area contributed by atoms with Crippen molar-refractivity contribution in [1.29, 1.82) is 0 Å². The van der Waals surface area contributed by atoms with Crippen LogP contribution >= 0.6 is 0 Å². The van der Waals surface area contributed by atoms with Gasteiger partial charge in [0.1, 0.15) is 5.82 Å². The molecule has 1 fully saturated rings. The van der Waals surface area contributed by atoms with Gasteiger partial charge in [-0.05, 0) is 47.7 Å². The highest BCUT2D eigenvalue weighted by Gasteiger charge is 2.43. The predicted octanol–water partition coefficient (Wildman–Crippen LogP) is 3.33. The van der Waals surface area contributed by atoms with Gasteiger partial charge in [0, 0.05) is 18.8 Å². The van der Waals surface area contributed by atoms with Gasteiger partial charge in [0.05, 0.1) is 18.6 Å². The SMILES string of the molecule is O=C(COC(=O)C1(c2cccc(F)c2)CCOCC1)c1ccc2c(c1)COC2. The Morgan fingerprint density at radius 1 is 1.00 bits per heavy atom. The zero-order chi connectivity index (χ0) is 19.6. The quantitative estimate of drug-likeness (QED) is 0.585. The number of fused-ring (bicyclic) bond motifs is 1. The van der Waals surface area contributed by atoms with E-state index < -0.39 is 17.2 Å². The van der Waals surface area contributed by atoms with E-state index in [1.165, 1.54) is 12.1 Å². The number of halogens is 1. The molecular formula is C22H21FO5. The summed E-state index contributed by atoms with van der Waals surface area (Å²) in [6.45, 7) is 1.45. The smallest absolute Gasteiger partial charge is 0.317 e. The summed E-state index contributed by atoms with van der Waals surface area (Å²) in [4.78, 5) is 25.5. The third kappa shape index (κ3) is 3.57. The van der Waals surface area contributed by atoms with Gasteiger partial charge in [-0.25, -0.2) is 4.39 Å². The molecular weight excluding hydrogens is 363 g/mol. The van der Waals surface area contributed by atoms with Crippen LogP contribution in [-0.4, -0.2) is 31.6 Å². The number of hydrogen-bond donors (Lipinski definition) is 0. The molecule has 2 aliphatic rings. The molecule has 0 aromatic heterocycles. The average molecular weight is 384 g/mol. The monoisotopic (exact) mass is 384 g/mol. The van der Waals surface area contributed by atoms with Gasteiger partial charge in [-0.15, -0.1) is 0 Å². The van der Waals surface area contributed by atoms with E-state index in [4.69, 9.17) is 14.2 Å². The molecule has 2 aliphatic heterocycles. The Bertz CT molecular complexity index is 902. The van der Waals surface area contributed by atoms with Crippen LogP contribution in [-0.2, 0) is 37.6 Å². The zero-order valence-electron chi connectivity index (χ0n) is 15.4. The normalized spacial score (nSPS) is 17.8. The molecule has 1 saturated heterocycles. The molecule has 0 bridgehead atoms. The predicted molar refractivity (Wildman–Crippen MR) is 98.4 cm³/mol. The number of Topliss-reactive ketones (excluding diaryl/α,β-unsaturated/α-hetero) is 1. The summed E-state index contributed by atoms with van der Waals surface area (Å²) in [7, 11) is 0. The van der Waals surface area contributed by atoms with E-state index in [2.05, 4.69) is 0 Å². The summed E-state index contributed by atoms with van der Waals surface area (Å²) < 4.78 is 29.9. The van der Waals surface area contributed by atoms with Crippen molar-refractivity contribution in [3.05, 3.63) is 70.5 Å². The fourth-order valence-corrected chi connectivity index (χ4v) is 3.81. The summed E-state index contributed by atoms with van der Waals surface area (Å²) in [5.74, 6) is -1.20. The molecule has 0 radical (unpaired) electrons. The fraction of sp³-hybridized carbons (Fsp3) is 0.364. The first-order valence-electron chi connectivity index (χ1n) is 9.32. The molecule has 0 amide bonds. The van der Waals surface area contributed by atoms with Crippen molar-refractivity contribution in [3.8, 4) is 0 Å². The molecule has 2 heterocycles. The Hall–Kier alpha value is -2.57. The molecule has 4 rings (SSSR count). The molecule has 5 nitrogen and oxygen atoms in total. The Labute approximate surface area is 162 Å². The van der Waals surface area contributed by atoms with Crippen LogP contribution in [0.1, 0.15) is 39.9 Å². The van der Waals surface area contributed by atoms with E-state index in [-0.39, 0.29) is 12.4 Å². The number of benzene rings is 2. The lowest BCUT2D eigenvalue weighted by Crippen LogP contribution is -2.43. The largest absolute Gasteiger partial charge is 0.457 e. The summed E-state index contributed by atoms with van der Waals surface area (Å²) in [5, 5.41) is 0. The van der Waals surface area contributed by atoms with Gasteiger partial charge >= 0.3 is 5.97 Å². The maximum Gasteiger partial charge on any atom is 0.317 e. The highest BCUT2D eigenvalue weighted by Crippen LogP contribution is 2.36. The van der Waals surface area contributed by atoms with E-state index in [0.29, 0.717) is 50.4 Å². The first kappa shape index (κ1) is 18.8. The zero-order valence-corrected chi connectivity index (χ0v) is 15.4. The molecule has 2 aromatic rings. The van der Waals surface area contributed by atoms with Crippen LogP contribution in [0.2, 0.25) is 0 Å². The summed E-state index contributed by atoms with van der Waals surface area (Å²) in [5.41, 5.74) is 2.11. The van der Waals surface area contributed by atoms with Crippen molar-refractivity contribution < 1.29 is 28.2 Å². The molecule has 28 heavy (non-hydrogen) atoms. The van der Waals surface area contributed by atoms with Crippen LogP contribution in [0.3, 0.4) is 0 Å². The van der Waals surface area contributed by atoms with Crippen molar-refractivity contribution in [1.82, 2.24) is 0 Å². The minimum atomic E-state index is -0.994. The van der Waals surface area contributed by atoms with Gasteiger partial charge in [-0.3, -0.25) is 9.59 Å². The minimum Gasteiger partial charge on any atom is -0.457 e. The molecule has 0 saturated carbocycles. The van der Waals surface area contributed by atoms with E-state index >= 15 is 0 Å². The first-order chi connectivity index (χ1) is 13.6. The Morgan fingerprint density at radius 2 is 1.79 bits per heavy atom. The highest BCUT2D eigenvalue weighted by atomic mass is 19.1. The van der Waals surface area contributed by atoms with Crippen LogP contribution < -0.4 is 0 Å². The summed E-state index contributed by atoms with van der Waals surface area (Å²) in [6.07, 6.45) is 0.777. The lowest BCUT2D eigenvalue weighted by Gasteiger charge is -2.35. The maximum atomic E-state index is 13.8. The molecule has 146 valence electrons. The second-order valence-electron chi connectivity index (χ2n) is 7.18. The number of esters is 1. The number of ether oxygens (including phenoxy) is 3. The third-order valence-corrected chi connectivity index (χ3v) is 5.49. The molecule has 0 aliphatic carbocycles. The van der Waals surface area contributed by atoms with E-state index in [0.717, 1.165) is 11.1 Å². The Kier molecular flexibility index (Phi) is 5.24. The maximum absolute atomic E-state index is 13.8. The molecule has 0 unspecified atom stereocenters. The van der Waals surface area contributed by atoms with E-state index in [1.54, 1.807) is 24.3 Å². The van der Waals surface area contributed by atoms with Crippen LogP contribution in [0.15, 0.2) is 42.5 Å². The lowest BCUT2D eigenvalue weighted by atomic mass is 9.74. The van der Waals surface area contributed by atoms with E-state index in [9.17, 15) is 14.0 Å². The van der Waals surface area contributed by atoms with Crippen LogP contribution in [0.25, 0.3) is 0 Å². The number of rotatable bonds is 5. The number of hydrogen-bond acceptors (Lipinski definition) is 5. The minimum absolute atomic E-state index is 0.274. The van der Waals surface area contributed by atoms with Crippen molar-refractivity contribution in [2.75, 3.05) is 19.8 Å². The summed E-state index contributed by atoms with van der Waals surface area (Å²) in [6, 6.07) is 11.4. The molecule has 6 heteroatoms. The topological polar surface area (TPSA) is 61.8 Å². The second-order valence-corrected chi connectivity index (χ2v) is 7.18. The molecule has 0 spiro atoms. The van der Waals surface area contributed by atoms with Crippen LogP contribution in [0, 0.1) is 5.82 Å². The summed E-state index contributed by atoms with van der Waals surface area (Å²) >= 11 is 0. The highest BCUT2D eigenvalue weighted by molar-refractivity contribution is 5.98. The van der Waals surface area contributed by atoms with Gasteiger partial charge in [0.25, 0.3) is 0 Å². The lowest BCUT2D eigenvalue weighted by molar-refractivity contribution is -0.153. The van der Waals surface area contributed by atoms with Crippen molar-refractivity contribution in [2.45, 2.75) is 31.5 Å². The van der Waals surface area contributed by atoms with Crippen LogP contribution in [0.5, 0.6) is 0 Å². The fourth-order valence-electron chi connectivity index (χ4n) is 3.81. The first-order valence-corrected chi connectivity index (χ1v) is 9.32. The molecule has 0 atom stereocenters. The number of ketones is 1. The van der Waals surface area contributed by atoms with Crippen LogP contribution in [0.4, 0.5) is 4.39 Å². The number of carbonyl (C=O) groups excluding carboxylic acids is 2. The van der Waals surface area contributed by atoms with E-state index in [1.807, 2.05) is 6.07 Å². The van der Waals surface area contributed by atoms with Gasteiger partial charge in [0.2, 0.25) is 0 Å². The molecule has 2 aromatic carbocycles. The van der Waals surface area contributed by atoms with Crippen molar-refractivity contribution in [2.24, 2.45) is 0 Å². The standard InChI is InChI=1S/C22H21FO5/c23-19-3-1-2-18(11-19)22(6-8-26-9-7-22)21(25)28-14-20(24)15-4-5-16-12-27-13-17(16)10-15/h1-5,10-11H,6-9,12-14H2. The van der Waals surface area contributed by atoms with Gasteiger partial charge in [-0.2, -0.15) is 0 Å². The Morgan fingerprint density at radius 3 is 2.57 bits per heavy atom. The van der Waals surface area contributed by atoms with Gasteiger partial charge in [0.15, 0.2) is 12.4 Å². The van der Waals surface area contributed by atoms with Crippen molar-refractivity contribution in [3.63, 3.8) is 0 Å². The molecule has 0 N–H and O–H groups in total. The second kappa shape index (κ2) is 7.81. The third-order valence-electron chi connectivity index (χ3n) is 5.49.